The summed E-state index contributed by atoms with van der Waals surface area (Å²) in [5, 5.41) is 5.66. The van der Waals surface area contributed by atoms with Crippen LogP contribution in [0.4, 0.5) is 10.1 Å². The minimum atomic E-state index is -0.393. The van der Waals surface area contributed by atoms with E-state index in [9.17, 15) is 14.0 Å². The Morgan fingerprint density at radius 2 is 1.81 bits per heavy atom. The van der Waals surface area contributed by atoms with Gasteiger partial charge in [-0.3, -0.25) is 9.59 Å². The summed E-state index contributed by atoms with van der Waals surface area (Å²) in [6, 6.07) is 20.5. The molecule has 0 fully saturated rings. The predicted octanol–water partition coefficient (Wildman–Crippen LogP) is 5.10. The summed E-state index contributed by atoms with van der Waals surface area (Å²) < 4.78 is 15.0. The first-order valence-electron chi connectivity index (χ1n) is 9.48. The molecule has 2 amide bonds. The van der Waals surface area contributed by atoms with E-state index in [-0.39, 0.29) is 17.6 Å². The van der Waals surface area contributed by atoms with Gasteiger partial charge in [0.15, 0.2) is 4.34 Å². The number of hydrogen-bond acceptors (Lipinski definition) is 5. The number of carbonyl (C=O) groups excluding carboxylic acids is 2. The Hall–Kier alpha value is -3.23. The molecular formula is C23H18FN3O2S2. The Labute approximate surface area is 186 Å². The van der Waals surface area contributed by atoms with E-state index in [1.54, 1.807) is 29.5 Å². The van der Waals surface area contributed by atoms with Crippen LogP contribution in [0, 0.1) is 5.82 Å². The number of thiazole rings is 1. The van der Waals surface area contributed by atoms with Crippen molar-refractivity contribution in [2.24, 2.45) is 0 Å². The van der Waals surface area contributed by atoms with Crippen molar-refractivity contribution in [3.05, 3.63) is 89.7 Å². The summed E-state index contributed by atoms with van der Waals surface area (Å²) in [5.41, 5.74) is 2.77. The van der Waals surface area contributed by atoms with Crippen molar-refractivity contribution in [1.29, 1.82) is 0 Å². The number of carbonyl (C=O) groups is 2. The largest absolute Gasteiger partial charge is 0.351 e. The van der Waals surface area contributed by atoms with Gasteiger partial charge in [-0.25, -0.2) is 9.37 Å². The van der Waals surface area contributed by atoms with E-state index in [0.717, 1.165) is 20.1 Å². The van der Waals surface area contributed by atoms with Crippen molar-refractivity contribution in [3.63, 3.8) is 0 Å². The molecule has 5 nitrogen and oxygen atoms in total. The second kappa shape index (κ2) is 9.72. The van der Waals surface area contributed by atoms with E-state index in [2.05, 4.69) is 15.6 Å². The third kappa shape index (κ3) is 5.68. The van der Waals surface area contributed by atoms with Gasteiger partial charge in [0, 0.05) is 17.8 Å². The van der Waals surface area contributed by atoms with Gasteiger partial charge in [-0.05, 0) is 54.1 Å². The molecule has 0 spiro atoms. The van der Waals surface area contributed by atoms with Crippen molar-refractivity contribution in [2.75, 3.05) is 11.1 Å². The van der Waals surface area contributed by atoms with Crippen molar-refractivity contribution in [2.45, 2.75) is 10.9 Å². The molecule has 1 aromatic heterocycles. The highest BCUT2D eigenvalue weighted by Gasteiger charge is 2.09. The molecule has 4 aromatic rings. The smallest absolute Gasteiger partial charge is 0.255 e. The van der Waals surface area contributed by atoms with Gasteiger partial charge in [0.1, 0.15) is 5.82 Å². The lowest BCUT2D eigenvalue weighted by Crippen LogP contribution is -2.24. The molecule has 0 aliphatic carbocycles. The number of nitrogens with one attached hydrogen (secondary N) is 2. The Morgan fingerprint density at radius 3 is 2.61 bits per heavy atom. The maximum atomic E-state index is 13.0. The summed E-state index contributed by atoms with van der Waals surface area (Å²) in [4.78, 5) is 29.0. The van der Waals surface area contributed by atoms with Crippen molar-refractivity contribution < 1.29 is 14.0 Å². The van der Waals surface area contributed by atoms with Crippen LogP contribution in [0.25, 0.3) is 10.2 Å². The van der Waals surface area contributed by atoms with Crippen LogP contribution in [0.2, 0.25) is 0 Å². The third-order valence-corrected chi connectivity index (χ3v) is 6.56. The molecular weight excluding hydrogens is 433 g/mol. The maximum Gasteiger partial charge on any atom is 0.255 e. The molecule has 31 heavy (non-hydrogen) atoms. The zero-order valence-corrected chi connectivity index (χ0v) is 17.9. The average Bonchev–Trinajstić information content (AvgIpc) is 3.20. The van der Waals surface area contributed by atoms with Crippen LogP contribution in [-0.2, 0) is 11.3 Å². The summed E-state index contributed by atoms with van der Waals surface area (Å²) in [7, 11) is 0. The van der Waals surface area contributed by atoms with Crippen LogP contribution >= 0.6 is 23.1 Å². The minimum absolute atomic E-state index is 0.0926. The molecule has 2 N–H and O–H groups in total. The summed E-state index contributed by atoms with van der Waals surface area (Å²) in [6.07, 6.45) is 0. The van der Waals surface area contributed by atoms with Crippen LogP contribution < -0.4 is 10.6 Å². The van der Waals surface area contributed by atoms with Gasteiger partial charge in [0.05, 0.1) is 16.0 Å². The van der Waals surface area contributed by atoms with Gasteiger partial charge in [-0.1, -0.05) is 36.0 Å². The highest BCUT2D eigenvalue weighted by atomic mass is 32.2. The third-order valence-electron chi connectivity index (χ3n) is 4.38. The van der Waals surface area contributed by atoms with E-state index in [1.807, 2.05) is 30.3 Å². The van der Waals surface area contributed by atoms with Crippen LogP contribution in [0.1, 0.15) is 15.9 Å². The van der Waals surface area contributed by atoms with Crippen molar-refractivity contribution in [3.8, 4) is 0 Å². The van der Waals surface area contributed by atoms with E-state index in [1.165, 1.54) is 36.0 Å². The number of anilines is 1. The van der Waals surface area contributed by atoms with Crippen LogP contribution in [0.15, 0.2) is 77.1 Å². The lowest BCUT2D eigenvalue weighted by Gasteiger charge is -2.09. The number of nitrogens with zero attached hydrogens (tertiary/aromatic N) is 1. The first-order valence-corrected chi connectivity index (χ1v) is 11.3. The number of halogens is 1. The molecule has 0 aliphatic rings. The fourth-order valence-corrected chi connectivity index (χ4v) is 4.75. The highest BCUT2D eigenvalue weighted by molar-refractivity contribution is 8.01. The zero-order valence-electron chi connectivity index (χ0n) is 16.3. The first-order chi connectivity index (χ1) is 15.1. The van der Waals surface area contributed by atoms with Crippen LogP contribution in [-0.4, -0.2) is 22.6 Å². The van der Waals surface area contributed by atoms with E-state index >= 15 is 0 Å². The molecule has 0 aliphatic heterocycles. The van der Waals surface area contributed by atoms with E-state index in [4.69, 9.17) is 0 Å². The van der Waals surface area contributed by atoms with Crippen LogP contribution in [0.3, 0.4) is 0 Å². The normalized spacial score (nSPS) is 10.7. The number of hydrogen-bond donors (Lipinski definition) is 2. The zero-order chi connectivity index (χ0) is 21.6. The quantitative estimate of drug-likeness (QED) is 0.384. The fraction of sp³-hybridized carbons (Fsp3) is 0.0870. The second-order valence-corrected chi connectivity index (χ2v) is 8.93. The standard InChI is InChI=1S/C23H18FN3O2S2/c24-17-10-8-16(9-11-17)22(29)26-18-5-3-4-15(12-18)13-25-21(28)14-30-23-27-19-6-1-2-7-20(19)31-23/h1-12H,13-14H2,(H,25,28)(H,26,29). The monoisotopic (exact) mass is 451 g/mol. The Morgan fingerprint density at radius 1 is 1.00 bits per heavy atom. The minimum Gasteiger partial charge on any atom is -0.351 e. The Kier molecular flexibility index (Phi) is 6.59. The van der Waals surface area contributed by atoms with Gasteiger partial charge in [0.25, 0.3) is 5.91 Å². The summed E-state index contributed by atoms with van der Waals surface area (Å²) in [6.45, 7) is 0.347. The average molecular weight is 452 g/mol. The molecule has 0 unspecified atom stereocenters. The topological polar surface area (TPSA) is 71.1 Å². The molecule has 4 rings (SSSR count). The molecule has 1 heterocycles. The Balaban J connectivity index is 1.28. The molecule has 0 atom stereocenters. The van der Waals surface area contributed by atoms with Gasteiger partial charge >= 0.3 is 0 Å². The van der Waals surface area contributed by atoms with Crippen LogP contribution in [0.5, 0.6) is 0 Å². The number of para-hydroxylation sites is 1. The molecule has 8 heteroatoms. The number of fused-ring (bicyclic) bond motifs is 1. The van der Waals surface area contributed by atoms with Gasteiger partial charge < -0.3 is 10.6 Å². The first kappa shape index (κ1) is 21.0. The van der Waals surface area contributed by atoms with E-state index < -0.39 is 5.82 Å². The second-order valence-electron chi connectivity index (χ2n) is 6.67. The number of amides is 2. The van der Waals surface area contributed by atoms with Gasteiger partial charge in [-0.2, -0.15) is 0 Å². The molecule has 0 saturated carbocycles. The van der Waals surface area contributed by atoms with Crippen molar-refractivity contribution in [1.82, 2.24) is 10.3 Å². The lowest BCUT2D eigenvalue weighted by molar-refractivity contribution is -0.118. The highest BCUT2D eigenvalue weighted by Crippen LogP contribution is 2.29. The Bertz CT molecular complexity index is 1190. The number of benzene rings is 3. The molecule has 0 saturated heterocycles. The van der Waals surface area contributed by atoms with Gasteiger partial charge in [0.2, 0.25) is 5.91 Å². The van der Waals surface area contributed by atoms with Gasteiger partial charge in [-0.15, -0.1) is 11.3 Å². The molecule has 3 aromatic carbocycles. The molecule has 156 valence electrons. The molecule has 0 bridgehead atoms. The fourth-order valence-electron chi connectivity index (χ4n) is 2.86. The molecule has 0 radical (unpaired) electrons. The summed E-state index contributed by atoms with van der Waals surface area (Å²) >= 11 is 2.98. The lowest BCUT2D eigenvalue weighted by atomic mass is 10.1. The summed E-state index contributed by atoms with van der Waals surface area (Å²) in [5.74, 6) is -0.533. The predicted molar refractivity (Wildman–Crippen MR) is 123 cm³/mol. The number of thioether (sulfide) groups is 1. The SMILES string of the molecule is O=C(CSc1nc2ccccc2s1)NCc1cccc(NC(=O)c2ccc(F)cc2)c1. The van der Waals surface area contributed by atoms with E-state index in [0.29, 0.717) is 17.8 Å². The van der Waals surface area contributed by atoms with Crippen molar-refractivity contribution >= 4 is 50.8 Å². The number of rotatable bonds is 7. The maximum absolute atomic E-state index is 13.0. The number of aromatic nitrogens is 1.